The lowest BCUT2D eigenvalue weighted by atomic mass is 9.95. The second-order valence-electron chi connectivity index (χ2n) is 10.9. The summed E-state index contributed by atoms with van der Waals surface area (Å²) in [5.74, 6) is -0.760. The van der Waals surface area contributed by atoms with E-state index < -0.39 is 28.5 Å². The summed E-state index contributed by atoms with van der Waals surface area (Å²) in [4.78, 5) is 55.5. The number of rotatable bonds is 9. The quantitative estimate of drug-likeness (QED) is 0.0948. The summed E-state index contributed by atoms with van der Waals surface area (Å²) in [5, 5.41) is 16.6. The van der Waals surface area contributed by atoms with Gasteiger partial charge in [0.05, 0.1) is 53.8 Å². The molecular weight excluding hydrogens is 666 g/mol. The molecule has 0 N–H and O–H groups in total. The number of allylic oxidation sites excluding steroid dienone is 1. The van der Waals surface area contributed by atoms with Crippen molar-refractivity contribution in [1.29, 1.82) is 0 Å². The van der Waals surface area contributed by atoms with Gasteiger partial charge in [-0.25, -0.2) is 14.5 Å². The molecule has 0 radical (unpaired) electrons. The SMILES string of the molecule is COC(=O)C1=C(C)N=c2s/c(=C\c3cn(-c4ccccc4)nc3-c3ccc(OC)c([N+](=O)[O-])c3)c(=O)n2[C@@H]1c1ccc(OC(C)=O)c(OC)c1. The first-order chi connectivity index (χ1) is 24.0. The first-order valence-corrected chi connectivity index (χ1v) is 15.8. The molecule has 0 fully saturated rings. The molecule has 0 aliphatic carbocycles. The number of nitro benzene ring substituents is 1. The van der Waals surface area contributed by atoms with Gasteiger partial charge in [-0.2, -0.15) is 5.10 Å². The molecule has 14 nitrogen and oxygen atoms in total. The number of aromatic nitrogens is 3. The number of benzene rings is 3. The van der Waals surface area contributed by atoms with Crippen molar-refractivity contribution in [1.82, 2.24) is 14.3 Å². The Morgan fingerprint density at radius 1 is 0.980 bits per heavy atom. The minimum absolute atomic E-state index is 0.0883. The number of thiazole rings is 1. The Bertz CT molecular complexity index is 2390. The fraction of sp³-hybridized carbons (Fsp3) is 0.171. The number of para-hydroxylation sites is 1. The van der Waals surface area contributed by atoms with Crippen molar-refractivity contribution in [3.05, 3.63) is 125 Å². The Labute approximate surface area is 287 Å². The van der Waals surface area contributed by atoms with E-state index in [-0.39, 0.29) is 33.0 Å². The molecule has 5 aromatic rings. The minimum Gasteiger partial charge on any atom is -0.493 e. The van der Waals surface area contributed by atoms with E-state index in [0.717, 1.165) is 17.0 Å². The van der Waals surface area contributed by atoms with Crippen molar-refractivity contribution in [2.75, 3.05) is 21.3 Å². The number of ether oxygens (including phenoxy) is 4. The molecule has 1 aliphatic heterocycles. The normalized spacial score (nSPS) is 14.1. The second kappa shape index (κ2) is 13.6. The lowest BCUT2D eigenvalue weighted by molar-refractivity contribution is -0.385. The van der Waals surface area contributed by atoms with Crippen LogP contribution in [0.25, 0.3) is 23.0 Å². The van der Waals surface area contributed by atoms with Gasteiger partial charge in [0.15, 0.2) is 22.0 Å². The van der Waals surface area contributed by atoms with E-state index in [1.54, 1.807) is 42.1 Å². The van der Waals surface area contributed by atoms with Crippen LogP contribution in [-0.4, -0.2) is 52.5 Å². The molecule has 0 spiro atoms. The maximum atomic E-state index is 14.4. The standard InChI is InChI=1S/C35H29N5O9S/c1-19-30(34(43)48-5)32(22-12-14-27(49-20(2)41)28(16-22)47-4)39-33(42)29(50-35(39)36-19)17-23-18-38(24-9-7-6-8-10-24)37-31(23)21-11-13-26(46-3)25(15-21)40(44)45/h6-18,32H,1-5H3/b29-17-/t32-/m1/s1. The topological polar surface area (TPSA) is 166 Å². The van der Waals surface area contributed by atoms with E-state index in [1.165, 1.54) is 51.0 Å². The molecule has 1 aliphatic rings. The van der Waals surface area contributed by atoms with Crippen molar-refractivity contribution in [3.8, 4) is 34.2 Å². The fourth-order valence-corrected chi connectivity index (χ4v) is 6.69. The molecule has 1 atom stereocenters. The zero-order valence-electron chi connectivity index (χ0n) is 27.4. The summed E-state index contributed by atoms with van der Waals surface area (Å²) >= 11 is 1.10. The number of nitro groups is 1. The van der Waals surface area contributed by atoms with Crippen molar-refractivity contribution in [2.24, 2.45) is 4.99 Å². The second-order valence-corrected chi connectivity index (χ2v) is 11.9. The van der Waals surface area contributed by atoms with Gasteiger partial charge in [-0.15, -0.1) is 0 Å². The van der Waals surface area contributed by atoms with Gasteiger partial charge in [0.25, 0.3) is 5.56 Å². The molecule has 0 saturated carbocycles. The van der Waals surface area contributed by atoms with Crippen LogP contribution in [0.4, 0.5) is 5.69 Å². The number of hydrogen-bond donors (Lipinski definition) is 0. The Morgan fingerprint density at radius 3 is 2.36 bits per heavy atom. The van der Waals surface area contributed by atoms with Crippen LogP contribution in [0.2, 0.25) is 0 Å². The molecule has 15 heteroatoms. The molecule has 0 bridgehead atoms. The third-order valence-corrected chi connectivity index (χ3v) is 8.87. The molecular formula is C35H29N5O9S. The van der Waals surface area contributed by atoms with E-state index in [1.807, 2.05) is 30.3 Å². The molecule has 0 amide bonds. The third-order valence-electron chi connectivity index (χ3n) is 7.88. The molecule has 254 valence electrons. The monoisotopic (exact) mass is 695 g/mol. The maximum Gasteiger partial charge on any atom is 0.338 e. The number of hydrogen-bond acceptors (Lipinski definition) is 12. The van der Waals surface area contributed by atoms with Crippen LogP contribution in [0, 0.1) is 10.1 Å². The highest BCUT2D eigenvalue weighted by atomic mass is 32.1. The summed E-state index contributed by atoms with van der Waals surface area (Å²) in [6, 6.07) is 17.5. The number of methoxy groups -OCH3 is 3. The van der Waals surface area contributed by atoms with Crippen LogP contribution in [0.1, 0.15) is 31.0 Å². The van der Waals surface area contributed by atoms with Crippen LogP contribution in [-0.2, 0) is 14.3 Å². The fourth-order valence-electron chi connectivity index (χ4n) is 5.65. The molecule has 3 heterocycles. The average molecular weight is 696 g/mol. The minimum atomic E-state index is -0.975. The van der Waals surface area contributed by atoms with Gasteiger partial charge < -0.3 is 18.9 Å². The molecule has 2 aromatic heterocycles. The lowest BCUT2D eigenvalue weighted by Crippen LogP contribution is -2.39. The van der Waals surface area contributed by atoms with Crippen LogP contribution >= 0.6 is 11.3 Å². The van der Waals surface area contributed by atoms with Gasteiger partial charge >= 0.3 is 17.6 Å². The van der Waals surface area contributed by atoms with Gasteiger partial charge in [-0.05, 0) is 55.0 Å². The van der Waals surface area contributed by atoms with Gasteiger partial charge in [0.1, 0.15) is 5.69 Å². The zero-order valence-corrected chi connectivity index (χ0v) is 28.2. The van der Waals surface area contributed by atoms with E-state index in [9.17, 15) is 24.5 Å². The van der Waals surface area contributed by atoms with E-state index in [4.69, 9.17) is 24.0 Å². The molecule has 6 rings (SSSR count). The van der Waals surface area contributed by atoms with E-state index in [2.05, 4.69) is 4.99 Å². The summed E-state index contributed by atoms with van der Waals surface area (Å²) in [5.41, 5.74) is 2.27. The highest BCUT2D eigenvalue weighted by molar-refractivity contribution is 7.07. The summed E-state index contributed by atoms with van der Waals surface area (Å²) < 4.78 is 24.3. The third kappa shape index (κ3) is 6.17. The Kier molecular flexibility index (Phi) is 9.15. The van der Waals surface area contributed by atoms with Crippen LogP contribution in [0.5, 0.6) is 17.2 Å². The van der Waals surface area contributed by atoms with E-state index >= 15 is 0 Å². The van der Waals surface area contributed by atoms with Crippen LogP contribution in [0.15, 0.2) is 94.0 Å². The smallest absolute Gasteiger partial charge is 0.338 e. The predicted octanol–water partition coefficient (Wildman–Crippen LogP) is 4.11. The largest absolute Gasteiger partial charge is 0.493 e. The van der Waals surface area contributed by atoms with Crippen molar-refractivity contribution < 1.29 is 33.5 Å². The average Bonchev–Trinajstić information content (AvgIpc) is 3.67. The number of nitrogens with zero attached hydrogens (tertiary/aromatic N) is 5. The molecule has 0 unspecified atom stereocenters. The summed E-state index contributed by atoms with van der Waals surface area (Å²) in [6.45, 7) is 2.91. The maximum absolute atomic E-state index is 14.4. The molecule has 50 heavy (non-hydrogen) atoms. The highest BCUT2D eigenvalue weighted by Crippen LogP contribution is 2.37. The molecule has 0 saturated heterocycles. The van der Waals surface area contributed by atoms with Crippen LogP contribution in [0.3, 0.4) is 0 Å². The Morgan fingerprint density at radius 2 is 1.70 bits per heavy atom. The summed E-state index contributed by atoms with van der Waals surface area (Å²) in [7, 11) is 4.00. The van der Waals surface area contributed by atoms with Gasteiger partial charge in [0.2, 0.25) is 0 Å². The van der Waals surface area contributed by atoms with Crippen molar-refractivity contribution >= 4 is 35.0 Å². The first-order valence-electron chi connectivity index (χ1n) is 15.0. The number of carbonyl (C=O) groups excluding carboxylic acids is 2. The number of fused-ring (bicyclic) bond motifs is 1. The Hall–Kier alpha value is -6.35. The summed E-state index contributed by atoms with van der Waals surface area (Å²) in [6.07, 6.45) is 3.36. The van der Waals surface area contributed by atoms with Gasteiger partial charge in [-0.1, -0.05) is 35.6 Å². The van der Waals surface area contributed by atoms with E-state index in [0.29, 0.717) is 32.9 Å². The molecule has 3 aromatic carbocycles. The van der Waals surface area contributed by atoms with Crippen LogP contribution < -0.4 is 29.1 Å². The van der Waals surface area contributed by atoms with Crippen molar-refractivity contribution in [2.45, 2.75) is 19.9 Å². The predicted molar refractivity (Wildman–Crippen MR) is 182 cm³/mol. The van der Waals surface area contributed by atoms with Gasteiger partial charge in [-0.3, -0.25) is 24.3 Å². The highest BCUT2D eigenvalue weighted by Gasteiger charge is 2.34. The number of esters is 2. The zero-order chi connectivity index (χ0) is 35.7. The van der Waals surface area contributed by atoms with Gasteiger partial charge in [0, 0.05) is 30.3 Å². The lowest BCUT2D eigenvalue weighted by Gasteiger charge is -2.25. The van der Waals surface area contributed by atoms with Crippen molar-refractivity contribution in [3.63, 3.8) is 0 Å². The Balaban J connectivity index is 1.57. The first kappa shape index (κ1) is 33.5. The number of carbonyl (C=O) groups is 2.